The number of halogens is 1. The minimum atomic E-state index is -0.773. The lowest BCUT2D eigenvalue weighted by atomic mass is 9.99. The fourth-order valence-electron chi connectivity index (χ4n) is 3.01. The summed E-state index contributed by atoms with van der Waals surface area (Å²) in [5.74, 6) is 0.670. The molecule has 0 aliphatic carbocycles. The van der Waals surface area contributed by atoms with Gasteiger partial charge < -0.3 is 15.5 Å². The quantitative estimate of drug-likeness (QED) is 0.189. The lowest BCUT2D eigenvalue weighted by Crippen LogP contribution is -2.43. The molecule has 0 spiro atoms. The number of nitrogens with zero attached hydrogens (tertiary/aromatic N) is 3. The zero-order valence-electron chi connectivity index (χ0n) is 17.2. The van der Waals surface area contributed by atoms with Gasteiger partial charge >= 0.3 is 6.03 Å². The SMILES string of the molecule is CCNC(=NCCCN1C(=O)NC(C)(CC)C1=O)N(C)Cc1ccccc1.I. The molecular weight excluding hydrogens is 469 g/mol. The van der Waals surface area contributed by atoms with Crippen LogP contribution in [0.4, 0.5) is 4.79 Å². The van der Waals surface area contributed by atoms with Crippen LogP contribution < -0.4 is 10.6 Å². The maximum atomic E-state index is 12.4. The monoisotopic (exact) mass is 501 g/mol. The second-order valence-electron chi connectivity index (χ2n) is 7.00. The standard InChI is InChI=1S/C20H31N5O2.HI/c1-5-20(3)17(26)25(19(27)23-20)14-10-13-22-18(21-6-2)24(4)15-16-11-8-7-9-12-16;/h7-9,11-12H,5-6,10,13-15H2,1-4H3,(H,21,22)(H,23,27);1H. The molecule has 1 saturated heterocycles. The van der Waals surface area contributed by atoms with E-state index in [1.807, 2.05) is 39.1 Å². The molecule has 0 saturated carbocycles. The van der Waals surface area contributed by atoms with E-state index in [1.54, 1.807) is 6.92 Å². The zero-order chi connectivity index (χ0) is 19.9. The average Bonchev–Trinajstić information content (AvgIpc) is 2.88. The summed E-state index contributed by atoms with van der Waals surface area (Å²) >= 11 is 0. The summed E-state index contributed by atoms with van der Waals surface area (Å²) in [6, 6.07) is 9.92. The second-order valence-corrected chi connectivity index (χ2v) is 7.00. The number of hydrogen-bond acceptors (Lipinski definition) is 3. The number of carbonyl (C=O) groups excluding carboxylic acids is 2. The van der Waals surface area contributed by atoms with Crippen molar-refractivity contribution in [3.8, 4) is 0 Å². The van der Waals surface area contributed by atoms with Crippen molar-refractivity contribution in [2.24, 2.45) is 4.99 Å². The Hall–Kier alpha value is -1.84. The van der Waals surface area contributed by atoms with Crippen molar-refractivity contribution in [2.45, 2.75) is 45.7 Å². The Morgan fingerprint density at radius 3 is 2.50 bits per heavy atom. The van der Waals surface area contributed by atoms with Crippen molar-refractivity contribution in [3.05, 3.63) is 35.9 Å². The van der Waals surface area contributed by atoms with Gasteiger partial charge in [-0.1, -0.05) is 37.3 Å². The fraction of sp³-hybridized carbons (Fsp3) is 0.550. The van der Waals surface area contributed by atoms with Crippen LogP contribution in [0.2, 0.25) is 0 Å². The molecule has 0 bridgehead atoms. The van der Waals surface area contributed by atoms with Gasteiger partial charge in [0.25, 0.3) is 5.91 Å². The molecule has 8 heteroatoms. The van der Waals surface area contributed by atoms with Crippen molar-refractivity contribution in [2.75, 3.05) is 26.7 Å². The summed E-state index contributed by atoms with van der Waals surface area (Å²) in [6.45, 7) is 8.16. The molecule has 1 atom stereocenters. The number of hydrogen-bond donors (Lipinski definition) is 2. The van der Waals surface area contributed by atoms with Crippen LogP contribution >= 0.6 is 24.0 Å². The number of guanidine groups is 1. The fourth-order valence-corrected chi connectivity index (χ4v) is 3.01. The van der Waals surface area contributed by atoms with E-state index < -0.39 is 5.54 Å². The number of rotatable bonds is 8. The predicted molar refractivity (Wildman–Crippen MR) is 123 cm³/mol. The lowest BCUT2D eigenvalue weighted by Gasteiger charge is -2.22. The highest BCUT2D eigenvalue weighted by Crippen LogP contribution is 2.20. The maximum Gasteiger partial charge on any atom is 0.325 e. The van der Waals surface area contributed by atoms with E-state index in [-0.39, 0.29) is 35.9 Å². The molecule has 0 aromatic heterocycles. The van der Waals surface area contributed by atoms with Gasteiger partial charge in [-0.15, -0.1) is 24.0 Å². The highest BCUT2D eigenvalue weighted by atomic mass is 127. The molecule has 2 rings (SSSR count). The van der Waals surface area contributed by atoms with Crippen LogP contribution in [0.3, 0.4) is 0 Å². The first-order valence-corrected chi connectivity index (χ1v) is 9.58. The van der Waals surface area contributed by atoms with E-state index in [0.717, 1.165) is 19.0 Å². The van der Waals surface area contributed by atoms with Gasteiger partial charge in [-0.3, -0.25) is 14.7 Å². The molecule has 2 N–H and O–H groups in total. The molecule has 1 aliphatic heterocycles. The molecule has 7 nitrogen and oxygen atoms in total. The third-order valence-electron chi connectivity index (χ3n) is 4.81. The Kier molecular flexibility index (Phi) is 9.71. The number of carbonyl (C=O) groups is 2. The van der Waals surface area contributed by atoms with Crippen LogP contribution in [0.1, 0.15) is 39.2 Å². The minimum absolute atomic E-state index is 0. The largest absolute Gasteiger partial charge is 0.357 e. The van der Waals surface area contributed by atoms with Crippen molar-refractivity contribution in [1.82, 2.24) is 20.4 Å². The Morgan fingerprint density at radius 2 is 1.93 bits per heavy atom. The zero-order valence-corrected chi connectivity index (χ0v) is 19.5. The van der Waals surface area contributed by atoms with Crippen LogP contribution in [0.25, 0.3) is 0 Å². The normalized spacial score (nSPS) is 19.3. The van der Waals surface area contributed by atoms with Crippen molar-refractivity contribution in [1.29, 1.82) is 0 Å². The first kappa shape index (κ1) is 24.2. The lowest BCUT2D eigenvalue weighted by molar-refractivity contribution is -0.130. The molecular formula is C20H32IN5O2. The third kappa shape index (κ3) is 6.08. The molecule has 0 radical (unpaired) electrons. The number of urea groups is 1. The Labute approximate surface area is 185 Å². The van der Waals surface area contributed by atoms with Gasteiger partial charge in [0.2, 0.25) is 0 Å². The highest BCUT2D eigenvalue weighted by molar-refractivity contribution is 14.0. The topological polar surface area (TPSA) is 77.0 Å². The van der Waals surface area contributed by atoms with E-state index in [4.69, 9.17) is 0 Å². The van der Waals surface area contributed by atoms with Crippen molar-refractivity contribution < 1.29 is 9.59 Å². The van der Waals surface area contributed by atoms with Crippen molar-refractivity contribution in [3.63, 3.8) is 0 Å². The predicted octanol–water partition coefficient (Wildman–Crippen LogP) is 2.81. The number of aliphatic imine (C=N–C) groups is 1. The van der Waals surface area contributed by atoms with Crippen LogP contribution in [0.15, 0.2) is 35.3 Å². The molecule has 3 amide bonds. The second kappa shape index (κ2) is 11.2. The first-order chi connectivity index (χ1) is 12.9. The number of nitrogens with one attached hydrogen (secondary N) is 2. The Bertz CT molecular complexity index is 682. The van der Waals surface area contributed by atoms with Gasteiger partial charge in [0, 0.05) is 33.2 Å². The van der Waals surface area contributed by atoms with E-state index in [0.29, 0.717) is 25.9 Å². The average molecular weight is 501 g/mol. The first-order valence-electron chi connectivity index (χ1n) is 9.58. The van der Waals surface area contributed by atoms with Gasteiger partial charge in [0.15, 0.2) is 5.96 Å². The molecule has 1 heterocycles. The molecule has 1 aromatic rings. The van der Waals surface area contributed by atoms with Crippen LogP contribution in [0.5, 0.6) is 0 Å². The van der Waals surface area contributed by atoms with E-state index >= 15 is 0 Å². The number of benzene rings is 1. The summed E-state index contributed by atoms with van der Waals surface area (Å²) in [5.41, 5.74) is 0.439. The van der Waals surface area contributed by atoms with Crippen LogP contribution in [-0.2, 0) is 11.3 Å². The molecule has 1 aromatic carbocycles. The summed E-state index contributed by atoms with van der Waals surface area (Å²) in [4.78, 5) is 32.4. The van der Waals surface area contributed by atoms with E-state index in [1.165, 1.54) is 10.5 Å². The van der Waals surface area contributed by atoms with Gasteiger partial charge in [-0.25, -0.2) is 4.79 Å². The molecule has 1 unspecified atom stereocenters. The van der Waals surface area contributed by atoms with Gasteiger partial charge in [0.05, 0.1) is 0 Å². The summed E-state index contributed by atoms with van der Waals surface area (Å²) in [6.07, 6.45) is 1.22. The number of amides is 3. The third-order valence-corrected chi connectivity index (χ3v) is 4.81. The summed E-state index contributed by atoms with van der Waals surface area (Å²) < 4.78 is 0. The smallest absolute Gasteiger partial charge is 0.325 e. The molecule has 156 valence electrons. The minimum Gasteiger partial charge on any atom is -0.357 e. The Balaban J connectivity index is 0.00000392. The number of imide groups is 1. The van der Waals surface area contributed by atoms with E-state index in [2.05, 4.69) is 32.7 Å². The van der Waals surface area contributed by atoms with Gasteiger partial charge in [-0.2, -0.15) is 0 Å². The highest BCUT2D eigenvalue weighted by Gasteiger charge is 2.45. The van der Waals surface area contributed by atoms with E-state index in [9.17, 15) is 9.59 Å². The van der Waals surface area contributed by atoms with Gasteiger partial charge in [-0.05, 0) is 32.3 Å². The molecule has 1 aliphatic rings. The summed E-state index contributed by atoms with van der Waals surface area (Å²) in [7, 11) is 2.00. The van der Waals surface area contributed by atoms with Gasteiger partial charge in [0.1, 0.15) is 5.54 Å². The summed E-state index contributed by atoms with van der Waals surface area (Å²) in [5, 5.41) is 6.06. The Morgan fingerprint density at radius 1 is 1.25 bits per heavy atom. The maximum absolute atomic E-state index is 12.4. The molecule has 1 fully saturated rings. The molecule has 28 heavy (non-hydrogen) atoms. The van der Waals surface area contributed by atoms with Crippen LogP contribution in [0, 0.1) is 0 Å². The van der Waals surface area contributed by atoms with Crippen LogP contribution in [-0.4, -0.2) is 59.9 Å². The van der Waals surface area contributed by atoms with Crippen molar-refractivity contribution >= 4 is 41.9 Å².